The molecule has 1 aromatic heterocycles. The molecule has 0 saturated heterocycles. The summed E-state index contributed by atoms with van der Waals surface area (Å²) in [7, 11) is 0. The number of benzene rings is 1. The average Bonchev–Trinajstić information content (AvgIpc) is 2.75. The van der Waals surface area contributed by atoms with Crippen molar-refractivity contribution in [2.45, 2.75) is 13.0 Å². The number of hydrogen-bond acceptors (Lipinski definition) is 3. The van der Waals surface area contributed by atoms with E-state index in [4.69, 9.17) is 0 Å². The van der Waals surface area contributed by atoms with Crippen LogP contribution in [0.1, 0.15) is 16.5 Å². The fourth-order valence-corrected chi connectivity index (χ4v) is 3.06. The average molecular weight is 312 g/mol. The normalized spacial score (nSPS) is 12.4. The molecule has 2 nitrogen and oxygen atoms in total. The Labute approximate surface area is 113 Å². The van der Waals surface area contributed by atoms with Crippen molar-refractivity contribution in [2.75, 3.05) is 11.9 Å². The van der Waals surface area contributed by atoms with Crippen LogP contribution >= 0.6 is 27.3 Å². The van der Waals surface area contributed by atoms with Crippen molar-refractivity contribution in [3.8, 4) is 0 Å². The fraction of sp³-hybridized carbons (Fsp3) is 0.231. The molecule has 4 heteroatoms. The second-order valence-electron chi connectivity index (χ2n) is 3.91. The summed E-state index contributed by atoms with van der Waals surface area (Å²) in [5.41, 5.74) is 2.26. The lowest BCUT2D eigenvalue weighted by molar-refractivity contribution is 0.278. The van der Waals surface area contributed by atoms with Gasteiger partial charge in [0.25, 0.3) is 0 Å². The Kier molecular flexibility index (Phi) is 4.20. The van der Waals surface area contributed by atoms with Crippen molar-refractivity contribution in [1.29, 1.82) is 0 Å². The minimum absolute atomic E-state index is 0.0472. The Morgan fingerprint density at radius 2 is 2.06 bits per heavy atom. The van der Waals surface area contributed by atoms with E-state index in [0.29, 0.717) is 0 Å². The fourth-order valence-electron chi connectivity index (χ4n) is 1.57. The van der Waals surface area contributed by atoms with E-state index >= 15 is 0 Å². The molecule has 17 heavy (non-hydrogen) atoms. The number of aryl methyl sites for hydroxylation is 1. The lowest BCUT2D eigenvalue weighted by atomic mass is 10.2. The van der Waals surface area contributed by atoms with Crippen LogP contribution in [-0.4, -0.2) is 11.7 Å². The topological polar surface area (TPSA) is 32.3 Å². The SMILES string of the molecule is Cc1ccc(NC(CO)c2cc(Br)cs2)cc1. The molecule has 0 fully saturated rings. The van der Waals surface area contributed by atoms with Crippen LogP contribution in [0.3, 0.4) is 0 Å². The minimum atomic E-state index is -0.0472. The second-order valence-corrected chi connectivity index (χ2v) is 5.77. The number of halogens is 1. The quantitative estimate of drug-likeness (QED) is 0.895. The van der Waals surface area contributed by atoms with Crippen LogP contribution in [0.15, 0.2) is 40.2 Å². The predicted molar refractivity (Wildman–Crippen MR) is 76.6 cm³/mol. The van der Waals surface area contributed by atoms with E-state index in [1.54, 1.807) is 11.3 Å². The van der Waals surface area contributed by atoms with Gasteiger partial charge in [-0.3, -0.25) is 0 Å². The van der Waals surface area contributed by atoms with E-state index < -0.39 is 0 Å². The van der Waals surface area contributed by atoms with Gasteiger partial charge >= 0.3 is 0 Å². The highest BCUT2D eigenvalue weighted by molar-refractivity contribution is 9.10. The Bertz CT molecular complexity index is 480. The van der Waals surface area contributed by atoms with E-state index in [9.17, 15) is 5.11 Å². The zero-order chi connectivity index (χ0) is 12.3. The molecular formula is C13H14BrNOS. The Hall–Kier alpha value is -0.840. The smallest absolute Gasteiger partial charge is 0.0838 e. The van der Waals surface area contributed by atoms with Crippen LogP contribution in [0, 0.1) is 6.92 Å². The number of nitrogens with one attached hydrogen (secondary N) is 1. The van der Waals surface area contributed by atoms with E-state index in [1.807, 2.05) is 23.6 Å². The number of aliphatic hydroxyl groups is 1. The zero-order valence-electron chi connectivity index (χ0n) is 9.48. The van der Waals surface area contributed by atoms with Gasteiger partial charge in [-0.05, 0) is 41.1 Å². The molecule has 0 saturated carbocycles. The summed E-state index contributed by atoms with van der Waals surface area (Å²) < 4.78 is 1.06. The summed E-state index contributed by atoms with van der Waals surface area (Å²) in [4.78, 5) is 1.12. The molecule has 90 valence electrons. The van der Waals surface area contributed by atoms with Gasteiger partial charge in [0.05, 0.1) is 12.6 Å². The van der Waals surface area contributed by atoms with Crippen LogP contribution < -0.4 is 5.32 Å². The highest BCUT2D eigenvalue weighted by Gasteiger charge is 2.12. The number of hydrogen-bond donors (Lipinski definition) is 2. The first kappa shape index (κ1) is 12.6. The van der Waals surface area contributed by atoms with Gasteiger partial charge in [-0.1, -0.05) is 17.7 Å². The van der Waals surface area contributed by atoms with E-state index in [1.165, 1.54) is 5.56 Å². The Balaban J connectivity index is 2.12. The number of thiophene rings is 1. The number of anilines is 1. The van der Waals surface area contributed by atoms with Crippen LogP contribution in [-0.2, 0) is 0 Å². The molecule has 2 rings (SSSR count). The van der Waals surface area contributed by atoms with E-state index in [2.05, 4.69) is 40.3 Å². The summed E-state index contributed by atoms with van der Waals surface area (Å²) in [6, 6.07) is 10.2. The molecule has 0 aliphatic carbocycles. The molecule has 1 unspecified atom stereocenters. The minimum Gasteiger partial charge on any atom is -0.394 e. The van der Waals surface area contributed by atoms with Gasteiger partial charge in [-0.2, -0.15) is 0 Å². The van der Waals surface area contributed by atoms with Gasteiger partial charge in [0.1, 0.15) is 0 Å². The lowest BCUT2D eigenvalue weighted by Crippen LogP contribution is -2.13. The predicted octanol–water partition coefficient (Wildman–Crippen LogP) is 3.96. The molecular weight excluding hydrogens is 298 g/mol. The first-order chi connectivity index (χ1) is 8.19. The monoisotopic (exact) mass is 311 g/mol. The highest BCUT2D eigenvalue weighted by Crippen LogP contribution is 2.28. The van der Waals surface area contributed by atoms with Crippen molar-refractivity contribution in [1.82, 2.24) is 0 Å². The van der Waals surface area contributed by atoms with Crippen molar-refractivity contribution < 1.29 is 5.11 Å². The van der Waals surface area contributed by atoms with Crippen molar-refractivity contribution in [2.24, 2.45) is 0 Å². The van der Waals surface area contributed by atoms with Crippen molar-refractivity contribution in [3.63, 3.8) is 0 Å². The third kappa shape index (κ3) is 3.31. The van der Waals surface area contributed by atoms with E-state index in [-0.39, 0.29) is 12.6 Å². The highest BCUT2D eigenvalue weighted by atomic mass is 79.9. The maximum Gasteiger partial charge on any atom is 0.0838 e. The van der Waals surface area contributed by atoms with Gasteiger partial charge in [0, 0.05) is 20.4 Å². The van der Waals surface area contributed by atoms with Gasteiger partial charge in [-0.15, -0.1) is 11.3 Å². The first-order valence-corrected chi connectivity index (χ1v) is 7.04. The Morgan fingerprint density at radius 3 is 2.59 bits per heavy atom. The van der Waals surface area contributed by atoms with E-state index in [0.717, 1.165) is 15.0 Å². The summed E-state index contributed by atoms with van der Waals surface area (Å²) in [6.07, 6.45) is 0. The van der Waals surface area contributed by atoms with Crippen LogP contribution in [0.5, 0.6) is 0 Å². The molecule has 2 aromatic rings. The molecule has 1 heterocycles. The van der Waals surface area contributed by atoms with Crippen molar-refractivity contribution >= 4 is 33.0 Å². The molecule has 0 bridgehead atoms. The van der Waals surface area contributed by atoms with Gasteiger partial charge in [0.15, 0.2) is 0 Å². The lowest BCUT2D eigenvalue weighted by Gasteiger charge is -2.16. The first-order valence-electron chi connectivity index (χ1n) is 5.37. The largest absolute Gasteiger partial charge is 0.394 e. The molecule has 0 amide bonds. The summed E-state index contributed by atoms with van der Waals surface area (Å²) in [6.45, 7) is 2.14. The van der Waals surface area contributed by atoms with Gasteiger partial charge < -0.3 is 10.4 Å². The summed E-state index contributed by atoms with van der Waals surface area (Å²) in [5.74, 6) is 0. The third-order valence-corrected chi connectivity index (χ3v) is 4.31. The molecule has 0 aliphatic heterocycles. The maximum absolute atomic E-state index is 9.43. The molecule has 1 aromatic carbocycles. The molecule has 1 atom stereocenters. The molecule has 0 aliphatic rings. The van der Waals surface area contributed by atoms with Gasteiger partial charge in [0.2, 0.25) is 0 Å². The second kappa shape index (κ2) is 5.67. The number of aliphatic hydroxyl groups excluding tert-OH is 1. The molecule has 0 radical (unpaired) electrons. The third-order valence-electron chi connectivity index (χ3n) is 2.51. The van der Waals surface area contributed by atoms with Crippen LogP contribution in [0.25, 0.3) is 0 Å². The summed E-state index contributed by atoms with van der Waals surface area (Å²) >= 11 is 5.06. The van der Waals surface area contributed by atoms with Crippen molar-refractivity contribution in [3.05, 3.63) is 50.6 Å². The maximum atomic E-state index is 9.43. The Morgan fingerprint density at radius 1 is 1.35 bits per heavy atom. The zero-order valence-corrected chi connectivity index (χ0v) is 11.9. The summed E-state index contributed by atoms with van der Waals surface area (Å²) in [5, 5.41) is 14.8. The number of rotatable bonds is 4. The standard InChI is InChI=1S/C13H14BrNOS/c1-9-2-4-11(5-3-9)15-12(7-16)13-6-10(14)8-17-13/h2-6,8,12,15-16H,7H2,1H3. The molecule has 0 spiro atoms. The van der Waals surface area contributed by atoms with Crippen LogP contribution in [0.4, 0.5) is 5.69 Å². The van der Waals surface area contributed by atoms with Crippen LogP contribution in [0.2, 0.25) is 0 Å². The van der Waals surface area contributed by atoms with Gasteiger partial charge in [-0.25, -0.2) is 0 Å². The molecule has 2 N–H and O–H groups in total.